The molecule has 0 rings (SSSR count). The average molecular weight is 204 g/mol. The van der Waals surface area contributed by atoms with Gasteiger partial charge in [0.1, 0.15) is 0 Å². The van der Waals surface area contributed by atoms with E-state index in [9.17, 15) is 3.74 Å². The molecule has 3 nitrogen and oxygen atoms in total. The quantitative estimate of drug-likeness (QED) is 0.495. The average Bonchev–Trinajstić information content (AvgIpc) is 0.722. The van der Waals surface area contributed by atoms with Crippen molar-refractivity contribution in [3.8, 4) is 0 Å². The van der Waals surface area contributed by atoms with E-state index in [2.05, 4.69) is 0 Å². The van der Waals surface area contributed by atoms with Crippen LogP contribution >= 0.6 is 0 Å². The Balaban J connectivity index is 0. The molecule has 0 amide bonds. The zero-order valence-electron chi connectivity index (χ0n) is 3.05. The van der Waals surface area contributed by atoms with E-state index in [-0.39, 0.29) is 17.1 Å². The van der Waals surface area contributed by atoms with Crippen LogP contribution in [0.2, 0.25) is 5.71 Å². The van der Waals surface area contributed by atoms with Crippen LogP contribution in [0.1, 0.15) is 0 Å². The maximum absolute atomic E-state index is 9.39. The van der Waals surface area contributed by atoms with Crippen molar-refractivity contribution in [2.45, 2.75) is 5.71 Å². The molecular weight excluding hydrogens is 198 g/mol. The minimum atomic E-state index is -4.12. The summed E-state index contributed by atoms with van der Waals surface area (Å²) < 4.78 is 24.8. The van der Waals surface area contributed by atoms with Gasteiger partial charge in [0.25, 0.3) is 0 Å². The molecule has 0 saturated carbocycles. The van der Waals surface area contributed by atoms with Crippen molar-refractivity contribution < 1.29 is 29.0 Å². The van der Waals surface area contributed by atoms with Crippen LogP contribution in [0.15, 0.2) is 0 Å². The second-order valence-corrected chi connectivity index (χ2v) is 4.34. The van der Waals surface area contributed by atoms with Crippen molar-refractivity contribution in [3.05, 3.63) is 0 Å². The third kappa shape index (κ3) is 109. The van der Waals surface area contributed by atoms with Gasteiger partial charge in [0.15, 0.2) is 0 Å². The summed E-state index contributed by atoms with van der Waals surface area (Å²) in [6.07, 6.45) is 0. The summed E-state index contributed by atoms with van der Waals surface area (Å²) in [6.45, 7) is 0. The second-order valence-electron chi connectivity index (χ2n) is 0.835. The summed E-state index contributed by atoms with van der Waals surface area (Å²) in [5, 5.41) is 0. The van der Waals surface area contributed by atoms with Crippen molar-refractivity contribution in [3.63, 3.8) is 0 Å². The van der Waals surface area contributed by atoms with Crippen LogP contribution in [0.5, 0.6) is 0 Å². The Morgan fingerprint density at radius 3 is 1.50 bits per heavy atom. The molecule has 0 spiro atoms. The molecule has 0 aromatic heterocycles. The molecular formula is CH5AsCuO3. The Bertz CT molecular complexity index is 56.9. The molecule has 0 atom stereocenters. The maximum atomic E-state index is 9.39. The van der Waals surface area contributed by atoms with Crippen molar-refractivity contribution >= 4 is 14.2 Å². The summed E-state index contributed by atoms with van der Waals surface area (Å²) in [7, 11) is 0. The van der Waals surface area contributed by atoms with E-state index < -0.39 is 14.2 Å². The molecule has 0 fully saturated rings. The van der Waals surface area contributed by atoms with E-state index in [1.54, 1.807) is 0 Å². The first kappa shape index (κ1) is 9.93. The molecule has 5 heteroatoms. The first-order chi connectivity index (χ1) is 2.00. The molecule has 1 radical (unpaired) electrons. The fraction of sp³-hybridized carbons (Fsp3) is 1.00. The summed E-state index contributed by atoms with van der Waals surface area (Å²) >= 11 is -4.12. The largest absolute Gasteiger partial charge is 0 e. The van der Waals surface area contributed by atoms with E-state index in [4.69, 9.17) is 8.19 Å². The van der Waals surface area contributed by atoms with Gasteiger partial charge in [0.2, 0.25) is 0 Å². The van der Waals surface area contributed by atoms with Crippen molar-refractivity contribution in [1.29, 1.82) is 0 Å². The van der Waals surface area contributed by atoms with E-state index in [0.717, 1.165) is 5.71 Å². The Labute approximate surface area is 49.2 Å². The summed E-state index contributed by atoms with van der Waals surface area (Å²) in [6, 6.07) is 0. The molecule has 0 aliphatic heterocycles. The van der Waals surface area contributed by atoms with Crippen molar-refractivity contribution in [2.75, 3.05) is 0 Å². The Morgan fingerprint density at radius 2 is 1.50 bits per heavy atom. The minimum Gasteiger partial charge on any atom is 0 e. The Morgan fingerprint density at radius 1 is 1.50 bits per heavy atom. The SMILES string of the molecule is C[As](=O)(O)O.[Cu]. The predicted molar refractivity (Wildman–Crippen MR) is 16.7 cm³/mol. The predicted octanol–water partition coefficient (Wildman–Crippen LogP) is -1.03. The van der Waals surface area contributed by atoms with Crippen LogP contribution in [0.3, 0.4) is 0 Å². The van der Waals surface area contributed by atoms with Crippen LogP contribution < -0.4 is 0 Å². The molecule has 2 N–H and O–H groups in total. The van der Waals surface area contributed by atoms with Gasteiger partial charge in [-0.1, -0.05) is 0 Å². The van der Waals surface area contributed by atoms with Gasteiger partial charge in [-0.25, -0.2) is 0 Å². The molecule has 6 heavy (non-hydrogen) atoms. The van der Waals surface area contributed by atoms with Gasteiger partial charge in [-0.05, 0) is 0 Å². The van der Waals surface area contributed by atoms with Crippen molar-refractivity contribution in [1.82, 2.24) is 0 Å². The standard InChI is InChI=1S/CH5AsO3.Cu/c1-2(3,4)5;/h1H3,(H2,3,4,5);. The minimum absolute atomic E-state index is 0. The van der Waals surface area contributed by atoms with Crippen LogP contribution in [-0.4, -0.2) is 22.4 Å². The first-order valence-electron chi connectivity index (χ1n) is 1.03. The van der Waals surface area contributed by atoms with Crippen LogP contribution in [0.25, 0.3) is 0 Å². The van der Waals surface area contributed by atoms with Gasteiger partial charge in [-0.2, -0.15) is 0 Å². The van der Waals surface area contributed by atoms with Gasteiger partial charge < -0.3 is 0 Å². The first-order valence-corrected chi connectivity index (χ1v) is 5.35. The van der Waals surface area contributed by atoms with Gasteiger partial charge in [-0.3, -0.25) is 0 Å². The molecule has 43 valence electrons. The molecule has 0 aromatic rings. The molecule has 0 saturated heterocycles. The Hall–Kier alpha value is 0.798. The zero-order chi connectivity index (χ0) is 4.50. The van der Waals surface area contributed by atoms with E-state index in [1.807, 2.05) is 0 Å². The fourth-order valence-corrected chi connectivity index (χ4v) is 0. The maximum Gasteiger partial charge on any atom is 0 e. The van der Waals surface area contributed by atoms with Crippen LogP contribution in [-0.2, 0) is 20.8 Å². The number of rotatable bonds is 0. The molecule has 0 aromatic carbocycles. The third-order valence-electron chi connectivity index (χ3n) is 0. The van der Waals surface area contributed by atoms with Gasteiger partial charge in [0.05, 0.1) is 0 Å². The molecule has 0 bridgehead atoms. The van der Waals surface area contributed by atoms with Gasteiger partial charge >= 0.3 is 31.8 Å². The summed E-state index contributed by atoms with van der Waals surface area (Å²) in [5.74, 6) is 0. The second kappa shape index (κ2) is 2.89. The molecule has 0 aliphatic rings. The number of hydrogen-bond donors (Lipinski definition) is 2. The molecule has 0 unspecified atom stereocenters. The molecule has 0 aliphatic carbocycles. The molecule has 0 heterocycles. The van der Waals surface area contributed by atoms with Crippen LogP contribution in [0.4, 0.5) is 0 Å². The normalized spacial score (nSPS) is 9.83. The number of hydrogen-bond acceptors (Lipinski definition) is 1. The van der Waals surface area contributed by atoms with E-state index in [0.29, 0.717) is 0 Å². The van der Waals surface area contributed by atoms with Gasteiger partial charge in [0, 0.05) is 17.1 Å². The fourth-order valence-electron chi connectivity index (χ4n) is 0. The monoisotopic (exact) mass is 203 g/mol. The topological polar surface area (TPSA) is 57.5 Å². The van der Waals surface area contributed by atoms with Crippen LogP contribution in [0, 0.1) is 0 Å². The van der Waals surface area contributed by atoms with E-state index >= 15 is 0 Å². The third-order valence-corrected chi connectivity index (χ3v) is 0. The summed E-state index contributed by atoms with van der Waals surface area (Å²) in [5.41, 5.74) is 0.915. The van der Waals surface area contributed by atoms with Crippen molar-refractivity contribution in [2.24, 2.45) is 0 Å². The zero-order valence-corrected chi connectivity index (χ0v) is 5.87. The smallest absolute Gasteiger partial charge is 0 e. The Kier molecular flexibility index (Phi) is 4.78. The van der Waals surface area contributed by atoms with E-state index in [1.165, 1.54) is 0 Å². The summed E-state index contributed by atoms with van der Waals surface area (Å²) in [4.78, 5) is 0. The van der Waals surface area contributed by atoms with Gasteiger partial charge in [-0.15, -0.1) is 0 Å².